The summed E-state index contributed by atoms with van der Waals surface area (Å²) in [6.45, 7) is 0.297. The van der Waals surface area contributed by atoms with E-state index in [1.165, 1.54) is 32.4 Å². The zero-order valence-electron chi connectivity index (χ0n) is 14.2. The fraction of sp³-hybridized carbons (Fsp3) is 0.588. The van der Waals surface area contributed by atoms with Crippen LogP contribution in [-0.2, 0) is 16.6 Å². The van der Waals surface area contributed by atoms with Crippen molar-refractivity contribution in [1.82, 2.24) is 15.4 Å². The zero-order chi connectivity index (χ0) is 17.4. The van der Waals surface area contributed by atoms with Gasteiger partial charge in [0.15, 0.2) is 0 Å². The van der Waals surface area contributed by atoms with Gasteiger partial charge in [0.2, 0.25) is 10.0 Å². The van der Waals surface area contributed by atoms with Crippen molar-refractivity contribution in [1.29, 1.82) is 0 Å². The molecule has 0 aromatic heterocycles. The highest BCUT2D eigenvalue weighted by molar-refractivity contribution is 7.89. The molecule has 0 bridgehead atoms. The molecule has 2 rings (SSSR count). The molecule has 1 aromatic rings. The molecule has 0 radical (unpaired) electrons. The van der Waals surface area contributed by atoms with Crippen molar-refractivity contribution in [2.75, 3.05) is 7.05 Å². The van der Waals surface area contributed by atoms with Gasteiger partial charge in [0.05, 0.1) is 4.90 Å². The molecule has 134 valence electrons. The Morgan fingerprint density at radius 3 is 2.46 bits per heavy atom. The minimum absolute atomic E-state index is 0.192. The highest BCUT2D eigenvalue weighted by Gasteiger charge is 2.14. The second kappa shape index (κ2) is 9.03. The highest BCUT2D eigenvalue weighted by Crippen LogP contribution is 2.17. The van der Waals surface area contributed by atoms with E-state index in [2.05, 4.69) is 15.4 Å². The number of sulfonamides is 1. The molecule has 1 aliphatic carbocycles. The number of rotatable bonds is 5. The Morgan fingerprint density at radius 2 is 1.79 bits per heavy atom. The Kier molecular flexibility index (Phi) is 7.05. The third-order valence-electron chi connectivity index (χ3n) is 4.37. The van der Waals surface area contributed by atoms with E-state index in [9.17, 15) is 13.2 Å². The zero-order valence-corrected chi connectivity index (χ0v) is 15.0. The molecule has 0 heterocycles. The Bertz CT molecular complexity index is 638. The molecule has 0 atom stereocenters. The highest BCUT2D eigenvalue weighted by atomic mass is 32.2. The molecule has 24 heavy (non-hydrogen) atoms. The molecule has 3 N–H and O–H groups in total. The quantitative estimate of drug-likeness (QED) is 0.760. The maximum Gasteiger partial charge on any atom is 0.315 e. The first-order chi connectivity index (χ1) is 11.5. The number of amides is 2. The van der Waals surface area contributed by atoms with Crippen molar-refractivity contribution in [2.24, 2.45) is 0 Å². The first-order valence-electron chi connectivity index (χ1n) is 8.58. The third kappa shape index (κ3) is 5.79. The van der Waals surface area contributed by atoms with Gasteiger partial charge in [-0.3, -0.25) is 0 Å². The number of carbonyl (C=O) groups excluding carboxylic acids is 1. The number of carbonyl (C=O) groups is 1. The monoisotopic (exact) mass is 353 g/mol. The van der Waals surface area contributed by atoms with Crippen LogP contribution in [0, 0.1) is 0 Å². The van der Waals surface area contributed by atoms with Gasteiger partial charge >= 0.3 is 6.03 Å². The molecule has 0 unspecified atom stereocenters. The predicted molar refractivity (Wildman–Crippen MR) is 94.2 cm³/mol. The van der Waals surface area contributed by atoms with Crippen molar-refractivity contribution < 1.29 is 13.2 Å². The molecular weight excluding hydrogens is 326 g/mol. The van der Waals surface area contributed by atoms with Gasteiger partial charge in [-0.15, -0.1) is 0 Å². The number of benzene rings is 1. The summed E-state index contributed by atoms with van der Waals surface area (Å²) in [7, 11) is -2.09. The molecule has 0 saturated heterocycles. The van der Waals surface area contributed by atoms with Gasteiger partial charge in [0, 0.05) is 12.6 Å². The summed E-state index contributed by atoms with van der Waals surface area (Å²) >= 11 is 0. The summed E-state index contributed by atoms with van der Waals surface area (Å²) in [6, 6.07) is 6.62. The molecule has 6 nitrogen and oxygen atoms in total. The molecule has 2 amide bonds. The van der Waals surface area contributed by atoms with Crippen LogP contribution in [-0.4, -0.2) is 27.5 Å². The maximum atomic E-state index is 12.1. The van der Waals surface area contributed by atoms with Gasteiger partial charge in [-0.1, -0.05) is 44.2 Å². The molecule has 1 saturated carbocycles. The second-order valence-corrected chi connectivity index (χ2v) is 8.11. The second-order valence-electron chi connectivity index (χ2n) is 6.22. The molecular formula is C17H27N3O3S. The van der Waals surface area contributed by atoms with Gasteiger partial charge in [0.1, 0.15) is 0 Å². The summed E-state index contributed by atoms with van der Waals surface area (Å²) in [6.07, 6.45) is 8.17. The Hall–Kier alpha value is -1.60. The van der Waals surface area contributed by atoms with Crippen molar-refractivity contribution in [3.8, 4) is 0 Å². The van der Waals surface area contributed by atoms with E-state index in [1.54, 1.807) is 18.2 Å². The van der Waals surface area contributed by atoms with Crippen LogP contribution in [0.15, 0.2) is 29.2 Å². The van der Waals surface area contributed by atoms with Gasteiger partial charge < -0.3 is 10.6 Å². The summed E-state index contributed by atoms with van der Waals surface area (Å²) < 4.78 is 25.9. The Labute approximate surface area is 144 Å². The standard InChI is InChI=1S/C17H27N3O3S/c1-18-24(22,23)16-11-7-8-14(12-16)13-19-17(21)20-15-9-5-3-2-4-6-10-15/h7-8,11-12,15,18H,2-6,9-10,13H2,1H3,(H2,19,20,21). The number of hydrogen-bond donors (Lipinski definition) is 3. The minimum atomic E-state index is -3.47. The van der Waals surface area contributed by atoms with Crippen molar-refractivity contribution >= 4 is 16.1 Å². The van der Waals surface area contributed by atoms with Crippen LogP contribution in [0.5, 0.6) is 0 Å². The predicted octanol–water partition coefficient (Wildman–Crippen LogP) is 2.51. The number of hydrogen-bond acceptors (Lipinski definition) is 3. The van der Waals surface area contributed by atoms with Crippen molar-refractivity contribution in [2.45, 2.75) is 62.4 Å². The van der Waals surface area contributed by atoms with Crippen LogP contribution in [0.4, 0.5) is 4.79 Å². The van der Waals surface area contributed by atoms with Gasteiger partial charge in [-0.05, 0) is 37.6 Å². The van der Waals surface area contributed by atoms with Crippen LogP contribution >= 0.6 is 0 Å². The molecule has 1 aromatic carbocycles. The lowest BCUT2D eigenvalue weighted by Gasteiger charge is -2.21. The van der Waals surface area contributed by atoms with Crippen LogP contribution in [0.1, 0.15) is 50.5 Å². The van der Waals surface area contributed by atoms with Crippen molar-refractivity contribution in [3.05, 3.63) is 29.8 Å². The SMILES string of the molecule is CNS(=O)(=O)c1cccc(CNC(=O)NC2CCCCCCC2)c1. The van der Waals surface area contributed by atoms with Crippen LogP contribution < -0.4 is 15.4 Å². The fourth-order valence-corrected chi connectivity index (χ4v) is 3.76. The summed E-state index contributed by atoms with van der Waals surface area (Å²) in [4.78, 5) is 12.3. The summed E-state index contributed by atoms with van der Waals surface area (Å²) in [5, 5.41) is 5.85. The smallest absolute Gasteiger partial charge is 0.315 e. The molecule has 1 aliphatic rings. The summed E-state index contributed by atoms with van der Waals surface area (Å²) in [5.41, 5.74) is 0.749. The lowest BCUT2D eigenvalue weighted by Crippen LogP contribution is -2.42. The Morgan fingerprint density at radius 1 is 1.12 bits per heavy atom. The first kappa shape index (κ1) is 18.7. The van der Waals surface area contributed by atoms with E-state index in [4.69, 9.17) is 0 Å². The molecule has 7 heteroatoms. The van der Waals surface area contributed by atoms with Crippen LogP contribution in [0.25, 0.3) is 0 Å². The maximum absolute atomic E-state index is 12.1. The van der Waals surface area contributed by atoms with Crippen LogP contribution in [0.2, 0.25) is 0 Å². The van der Waals surface area contributed by atoms with Gasteiger partial charge in [-0.25, -0.2) is 17.9 Å². The van der Waals surface area contributed by atoms with E-state index in [1.807, 2.05) is 0 Å². The third-order valence-corrected chi connectivity index (χ3v) is 5.78. The summed E-state index contributed by atoms with van der Waals surface area (Å²) in [5.74, 6) is 0. The van der Waals surface area contributed by atoms with Gasteiger partial charge in [0.25, 0.3) is 0 Å². The van der Waals surface area contributed by atoms with E-state index in [0.717, 1.165) is 31.2 Å². The Balaban J connectivity index is 1.86. The first-order valence-corrected chi connectivity index (χ1v) is 10.1. The largest absolute Gasteiger partial charge is 0.335 e. The van der Waals surface area contributed by atoms with E-state index in [-0.39, 0.29) is 17.0 Å². The van der Waals surface area contributed by atoms with Gasteiger partial charge in [-0.2, -0.15) is 0 Å². The molecule has 0 aliphatic heterocycles. The topological polar surface area (TPSA) is 87.3 Å². The lowest BCUT2D eigenvalue weighted by molar-refractivity contribution is 0.233. The molecule has 1 fully saturated rings. The average molecular weight is 353 g/mol. The number of nitrogens with one attached hydrogen (secondary N) is 3. The number of urea groups is 1. The minimum Gasteiger partial charge on any atom is -0.335 e. The van der Waals surface area contributed by atoms with E-state index >= 15 is 0 Å². The average Bonchev–Trinajstić information content (AvgIpc) is 2.55. The molecule has 0 spiro atoms. The normalized spacial score (nSPS) is 16.9. The fourth-order valence-electron chi connectivity index (χ4n) is 2.96. The van der Waals surface area contributed by atoms with Crippen molar-refractivity contribution in [3.63, 3.8) is 0 Å². The lowest BCUT2D eigenvalue weighted by atomic mass is 9.97. The van der Waals surface area contributed by atoms with E-state index in [0.29, 0.717) is 6.54 Å². The van der Waals surface area contributed by atoms with Crippen LogP contribution in [0.3, 0.4) is 0 Å². The van der Waals surface area contributed by atoms with E-state index < -0.39 is 10.0 Å².